The summed E-state index contributed by atoms with van der Waals surface area (Å²) in [5, 5.41) is 2.10. The van der Waals surface area contributed by atoms with Gasteiger partial charge < -0.3 is 4.42 Å². The van der Waals surface area contributed by atoms with E-state index in [1.54, 1.807) is 11.3 Å². The Labute approximate surface area is 256 Å². The average Bonchev–Trinajstić information content (AvgIpc) is 3.67. The highest BCUT2D eigenvalue weighted by Crippen LogP contribution is 2.41. The normalized spacial score (nSPS) is 11.6. The number of thiophene rings is 1. The molecule has 0 bridgehead atoms. The fraction of sp³-hybridized carbons (Fsp3) is 0. The molecule has 0 aliphatic carbocycles. The van der Waals surface area contributed by atoms with E-state index in [2.05, 4.69) is 60.7 Å². The Morgan fingerprint density at radius 1 is 0.455 bits per heavy atom. The summed E-state index contributed by atoms with van der Waals surface area (Å²) in [4.78, 5) is 20.3. The zero-order valence-corrected chi connectivity index (χ0v) is 24.1. The lowest BCUT2D eigenvalue weighted by molar-refractivity contribution is 0.667. The maximum atomic E-state index is 6.41. The predicted molar refractivity (Wildman–Crippen MR) is 180 cm³/mol. The zero-order chi connectivity index (χ0) is 29.0. The number of furan rings is 1. The summed E-state index contributed by atoms with van der Waals surface area (Å²) in [5.41, 5.74) is 8.72. The maximum Gasteiger partial charge on any atom is 0.180 e. The molecule has 0 spiro atoms. The van der Waals surface area contributed by atoms with Crippen LogP contribution in [0, 0.1) is 0 Å². The molecule has 6 heteroatoms. The van der Waals surface area contributed by atoms with Crippen LogP contribution in [0.15, 0.2) is 138 Å². The van der Waals surface area contributed by atoms with Crippen molar-refractivity contribution in [3.8, 4) is 45.3 Å². The topological polar surface area (TPSA) is 64.7 Å². The largest absolute Gasteiger partial charge is 0.452 e. The Morgan fingerprint density at radius 2 is 1.02 bits per heavy atom. The highest BCUT2D eigenvalue weighted by atomic mass is 32.1. The SMILES string of the molecule is c1ccc(-c2nc(-c3cccc(-c4nc(-c5ccccc5)nc5c4sc4ccccc45)c3)c3oc4ccccc4c3n2)cc1. The summed E-state index contributed by atoms with van der Waals surface area (Å²) in [6.45, 7) is 0. The van der Waals surface area contributed by atoms with Crippen LogP contribution in [0.5, 0.6) is 0 Å². The van der Waals surface area contributed by atoms with Gasteiger partial charge in [0, 0.05) is 37.7 Å². The molecule has 9 rings (SSSR count). The molecule has 0 aliphatic rings. The minimum Gasteiger partial charge on any atom is -0.452 e. The van der Waals surface area contributed by atoms with Crippen molar-refractivity contribution in [3.63, 3.8) is 0 Å². The molecule has 5 aromatic carbocycles. The van der Waals surface area contributed by atoms with E-state index in [1.807, 2.05) is 72.8 Å². The molecular formula is C38H22N4OS. The standard InChI is InChI=1S/C38H22N4OS/c1-3-12-23(13-4-1)37-39-31(35-33(41-37)27-18-7-9-20-29(27)43-35)25-16-11-17-26(22-25)32-36-34(28-19-8-10-21-30(28)44-36)42-38(40-32)24-14-5-2-6-15-24/h1-22H. The monoisotopic (exact) mass is 582 g/mol. The summed E-state index contributed by atoms with van der Waals surface area (Å²) in [5.74, 6) is 1.36. The van der Waals surface area contributed by atoms with Crippen molar-refractivity contribution in [1.29, 1.82) is 0 Å². The summed E-state index contributed by atoms with van der Waals surface area (Å²) < 4.78 is 8.66. The van der Waals surface area contributed by atoms with Crippen molar-refractivity contribution in [2.75, 3.05) is 0 Å². The first-order valence-electron chi connectivity index (χ1n) is 14.4. The van der Waals surface area contributed by atoms with Gasteiger partial charge in [-0.2, -0.15) is 0 Å². The van der Waals surface area contributed by atoms with Gasteiger partial charge in [0.05, 0.1) is 15.9 Å². The Morgan fingerprint density at radius 3 is 1.77 bits per heavy atom. The van der Waals surface area contributed by atoms with Crippen molar-refractivity contribution in [3.05, 3.63) is 133 Å². The second kappa shape index (κ2) is 9.93. The lowest BCUT2D eigenvalue weighted by Crippen LogP contribution is -1.95. The van der Waals surface area contributed by atoms with Gasteiger partial charge in [-0.25, -0.2) is 19.9 Å². The summed E-state index contributed by atoms with van der Waals surface area (Å²) in [6, 6.07) is 45.1. The molecule has 0 N–H and O–H groups in total. The van der Waals surface area contributed by atoms with Gasteiger partial charge in [0.15, 0.2) is 17.2 Å². The van der Waals surface area contributed by atoms with Crippen LogP contribution in [0.25, 0.3) is 87.7 Å². The predicted octanol–water partition coefficient (Wildman–Crippen LogP) is 10.2. The molecule has 4 aromatic heterocycles. The maximum absolute atomic E-state index is 6.41. The molecule has 0 atom stereocenters. The van der Waals surface area contributed by atoms with Crippen molar-refractivity contribution in [2.45, 2.75) is 0 Å². The Bertz CT molecular complexity index is 2330. The smallest absolute Gasteiger partial charge is 0.180 e. The molecule has 0 saturated carbocycles. The number of rotatable bonds is 4. The molecular weight excluding hydrogens is 561 g/mol. The molecule has 0 unspecified atom stereocenters. The van der Waals surface area contributed by atoms with Crippen LogP contribution in [0.2, 0.25) is 0 Å². The van der Waals surface area contributed by atoms with Gasteiger partial charge in [0.2, 0.25) is 0 Å². The van der Waals surface area contributed by atoms with Crippen molar-refractivity contribution in [2.24, 2.45) is 0 Å². The molecule has 0 amide bonds. The van der Waals surface area contributed by atoms with Crippen LogP contribution < -0.4 is 0 Å². The van der Waals surface area contributed by atoms with E-state index in [9.17, 15) is 0 Å². The van der Waals surface area contributed by atoms with Gasteiger partial charge >= 0.3 is 0 Å². The highest BCUT2D eigenvalue weighted by molar-refractivity contribution is 7.26. The van der Waals surface area contributed by atoms with Gasteiger partial charge in [-0.05, 0) is 24.3 Å². The first-order chi connectivity index (χ1) is 21.8. The third-order valence-corrected chi connectivity index (χ3v) is 9.08. The molecule has 44 heavy (non-hydrogen) atoms. The van der Waals surface area contributed by atoms with Gasteiger partial charge in [0.1, 0.15) is 16.8 Å². The zero-order valence-electron chi connectivity index (χ0n) is 23.3. The van der Waals surface area contributed by atoms with E-state index in [0.717, 1.165) is 65.7 Å². The third kappa shape index (κ3) is 4.00. The number of hydrogen-bond donors (Lipinski definition) is 0. The second-order valence-corrected chi connectivity index (χ2v) is 11.7. The van der Waals surface area contributed by atoms with Crippen LogP contribution in [-0.4, -0.2) is 19.9 Å². The number of nitrogens with zero attached hydrogens (tertiary/aromatic N) is 4. The fourth-order valence-corrected chi connectivity index (χ4v) is 6.97. The van der Waals surface area contributed by atoms with Crippen LogP contribution in [-0.2, 0) is 0 Å². The van der Waals surface area contributed by atoms with Crippen LogP contribution in [0.4, 0.5) is 0 Å². The third-order valence-electron chi connectivity index (χ3n) is 7.91. The van der Waals surface area contributed by atoms with Crippen molar-refractivity contribution >= 4 is 53.7 Å². The Kier molecular flexibility index (Phi) is 5.61. The van der Waals surface area contributed by atoms with E-state index in [0.29, 0.717) is 17.2 Å². The number of aromatic nitrogens is 4. The average molecular weight is 583 g/mol. The molecule has 0 fully saturated rings. The van der Waals surface area contributed by atoms with Crippen LogP contribution in [0.3, 0.4) is 0 Å². The lowest BCUT2D eigenvalue weighted by Gasteiger charge is -2.10. The van der Waals surface area contributed by atoms with E-state index in [4.69, 9.17) is 24.4 Å². The van der Waals surface area contributed by atoms with Crippen molar-refractivity contribution < 1.29 is 4.42 Å². The molecule has 0 saturated heterocycles. The second-order valence-electron chi connectivity index (χ2n) is 10.7. The first-order valence-corrected chi connectivity index (χ1v) is 15.2. The van der Waals surface area contributed by atoms with Gasteiger partial charge in [-0.1, -0.05) is 109 Å². The number of hydrogen-bond acceptors (Lipinski definition) is 6. The molecule has 0 radical (unpaired) electrons. The van der Waals surface area contributed by atoms with Gasteiger partial charge in [-0.15, -0.1) is 11.3 Å². The van der Waals surface area contributed by atoms with E-state index < -0.39 is 0 Å². The molecule has 5 nitrogen and oxygen atoms in total. The highest BCUT2D eigenvalue weighted by Gasteiger charge is 2.20. The molecule has 0 aliphatic heterocycles. The number of para-hydroxylation sites is 1. The first kappa shape index (κ1) is 24.8. The number of benzene rings is 5. The lowest BCUT2D eigenvalue weighted by atomic mass is 10.0. The minimum atomic E-state index is 0.658. The summed E-state index contributed by atoms with van der Waals surface area (Å²) in [7, 11) is 0. The molecule has 206 valence electrons. The van der Waals surface area contributed by atoms with E-state index in [-0.39, 0.29) is 0 Å². The van der Waals surface area contributed by atoms with Gasteiger partial charge in [-0.3, -0.25) is 0 Å². The fourth-order valence-electron chi connectivity index (χ4n) is 5.82. The summed E-state index contributed by atoms with van der Waals surface area (Å²) in [6.07, 6.45) is 0. The summed E-state index contributed by atoms with van der Waals surface area (Å²) >= 11 is 1.72. The quantitative estimate of drug-likeness (QED) is 0.207. The van der Waals surface area contributed by atoms with Gasteiger partial charge in [0.25, 0.3) is 0 Å². The molecule has 9 aromatic rings. The molecule has 4 heterocycles. The van der Waals surface area contributed by atoms with E-state index in [1.165, 1.54) is 4.70 Å². The van der Waals surface area contributed by atoms with Crippen LogP contribution >= 0.6 is 11.3 Å². The minimum absolute atomic E-state index is 0.658. The van der Waals surface area contributed by atoms with E-state index >= 15 is 0 Å². The van der Waals surface area contributed by atoms with Crippen LogP contribution in [0.1, 0.15) is 0 Å². The number of fused-ring (bicyclic) bond motifs is 6. The van der Waals surface area contributed by atoms with Crippen molar-refractivity contribution in [1.82, 2.24) is 19.9 Å². The Balaban J connectivity index is 1.30. The Hall–Kier alpha value is -5.72.